The maximum atomic E-state index is 13.0. The second kappa shape index (κ2) is 11.8. The first kappa shape index (κ1) is 25.6. The second-order valence-corrected chi connectivity index (χ2v) is 9.94. The molecule has 6 nitrogen and oxygen atoms in total. The molecule has 0 fully saturated rings. The zero-order chi connectivity index (χ0) is 23.7. The zero-order valence-corrected chi connectivity index (χ0v) is 20.6. The van der Waals surface area contributed by atoms with Gasteiger partial charge in [0.15, 0.2) is 0 Å². The van der Waals surface area contributed by atoms with Crippen LogP contribution in [-0.4, -0.2) is 39.6 Å². The predicted molar refractivity (Wildman–Crippen MR) is 131 cm³/mol. The number of anilines is 1. The minimum absolute atomic E-state index is 0.0512. The number of hydrogen-bond acceptors (Lipinski definition) is 3. The Kier molecular flexibility index (Phi) is 9.48. The van der Waals surface area contributed by atoms with Crippen molar-refractivity contribution in [3.8, 4) is 5.69 Å². The van der Waals surface area contributed by atoms with Gasteiger partial charge in [-0.2, -0.15) is 5.10 Å². The van der Waals surface area contributed by atoms with Gasteiger partial charge in [-0.05, 0) is 24.5 Å². The van der Waals surface area contributed by atoms with E-state index in [4.69, 9.17) is 5.10 Å². The highest BCUT2D eigenvalue weighted by Crippen LogP contribution is 2.26. The molecule has 176 valence electrons. The number of rotatable bonds is 11. The smallest absolute Gasteiger partial charge is 0.245 e. The first-order valence-corrected chi connectivity index (χ1v) is 11.9. The summed E-state index contributed by atoms with van der Waals surface area (Å²) in [5, 5.41) is 7.75. The van der Waals surface area contributed by atoms with Crippen LogP contribution >= 0.6 is 0 Å². The van der Waals surface area contributed by atoms with E-state index in [2.05, 4.69) is 46.9 Å². The SMILES string of the molecule is CCCCCCC(=O)N(CC(=O)Nc1cc(C(C)(C)C)nn1-c1ccccc1)CC(C)C. The Balaban J connectivity index is 2.16. The minimum atomic E-state index is -0.204. The Morgan fingerprint density at radius 2 is 1.78 bits per heavy atom. The molecule has 0 unspecified atom stereocenters. The molecular formula is C26H40N4O2. The van der Waals surface area contributed by atoms with Crippen molar-refractivity contribution in [2.24, 2.45) is 5.92 Å². The van der Waals surface area contributed by atoms with Gasteiger partial charge in [0.1, 0.15) is 5.82 Å². The fourth-order valence-electron chi connectivity index (χ4n) is 3.51. The predicted octanol–water partition coefficient (Wildman–Crippen LogP) is 5.56. The van der Waals surface area contributed by atoms with Crippen LogP contribution in [0.4, 0.5) is 5.82 Å². The molecule has 1 aromatic heterocycles. The van der Waals surface area contributed by atoms with E-state index in [9.17, 15) is 9.59 Å². The van der Waals surface area contributed by atoms with Gasteiger partial charge in [-0.15, -0.1) is 0 Å². The third-order valence-electron chi connectivity index (χ3n) is 5.26. The van der Waals surface area contributed by atoms with Crippen molar-refractivity contribution in [3.63, 3.8) is 0 Å². The molecule has 0 radical (unpaired) electrons. The van der Waals surface area contributed by atoms with Gasteiger partial charge in [0, 0.05) is 24.4 Å². The van der Waals surface area contributed by atoms with Gasteiger partial charge < -0.3 is 10.2 Å². The Labute approximate surface area is 193 Å². The van der Waals surface area contributed by atoms with E-state index in [1.165, 1.54) is 0 Å². The zero-order valence-electron chi connectivity index (χ0n) is 20.6. The number of amides is 2. The van der Waals surface area contributed by atoms with E-state index in [1.54, 1.807) is 9.58 Å². The third-order valence-corrected chi connectivity index (χ3v) is 5.26. The van der Waals surface area contributed by atoms with Crippen molar-refractivity contribution in [2.45, 2.75) is 79.1 Å². The Morgan fingerprint density at radius 3 is 2.38 bits per heavy atom. The van der Waals surface area contributed by atoms with Gasteiger partial charge in [0.05, 0.1) is 17.9 Å². The Bertz CT molecular complexity index is 866. The molecule has 32 heavy (non-hydrogen) atoms. The topological polar surface area (TPSA) is 67.2 Å². The van der Waals surface area contributed by atoms with Gasteiger partial charge in [0.2, 0.25) is 11.8 Å². The summed E-state index contributed by atoms with van der Waals surface area (Å²) in [6.07, 6.45) is 4.69. The largest absolute Gasteiger partial charge is 0.333 e. The standard InChI is InChI=1S/C26H40N4O2/c1-7-8-9-13-16-25(32)29(18-20(2)3)19-24(31)27-23-17-22(26(4,5)6)28-30(23)21-14-11-10-12-15-21/h10-12,14-15,17,20H,7-9,13,16,18-19H2,1-6H3,(H,27,31). The summed E-state index contributed by atoms with van der Waals surface area (Å²) in [6.45, 7) is 13.2. The maximum Gasteiger partial charge on any atom is 0.245 e. The van der Waals surface area contributed by atoms with Crippen LogP contribution in [0.15, 0.2) is 36.4 Å². The number of nitrogens with zero attached hydrogens (tertiary/aromatic N) is 3. The van der Waals surface area contributed by atoms with E-state index in [-0.39, 0.29) is 23.8 Å². The van der Waals surface area contributed by atoms with E-state index in [0.29, 0.717) is 24.7 Å². The highest BCUT2D eigenvalue weighted by Gasteiger charge is 2.23. The molecule has 0 bridgehead atoms. The summed E-state index contributed by atoms with van der Waals surface area (Å²) >= 11 is 0. The molecule has 0 spiro atoms. The molecular weight excluding hydrogens is 400 g/mol. The van der Waals surface area contributed by atoms with Crippen LogP contribution < -0.4 is 5.32 Å². The lowest BCUT2D eigenvalue weighted by atomic mass is 9.92. The van der Waals surface area contributed by atoms with Crippen LogP contribution in [0.25, 0.3) is 5.69 Å². The quantitative estimate of drug-likeness (QED) is 0.465. The number of benzene rings is 1. The number of unbranched alkanes of at least 4 members (excludes halogenated alkanes) is 3. The summed E-state index contributed by atoms with van der Waals surface area (Å²) in [5.41, 5.74) is 1.62. The average molecular weight is 441 g/mol. The molecule has 0 aliphatic heterocycles. The van der Waals surface area contributed by atoms with E-state index in [1.807, 2.05) is 36.4 Å². The van der Waals surface area contributed by atoms with E-state index in [0.717, 1.165) is 37.1 Å². The molecule has 0 saturated heterocycles. The molecule has 1 N–H and O–H groups in total. The Morgan fingerprint density at radius 1 is 1.09 bits per heavy atom. The molecule has 0 aliphatic rings. The molecule has 0 atom stereocenters. The number of carbonyl (C=O) groups excluding carboxylic acids is 2. The minimum Gasteiger partial charge on any atom is -0.333 e. The number of carbonyl (C=O) groups is 2. The summed E-state index contributed by atoms with van der Waals surface area (Å²) in [5.74, 6) is 0.762. The van der Waals surface area contributed by atoms with Crippen molar-refractivity contribution in [3.05, 3.63) is 42.1 Å². The summed E-state index contributed by atoms with van der Waals surface area (Å²) in [6, 6.07) is 11.7. The van der Waals surface area contributed by atoms with Gasteiger partial charge in [0.25, 0.3) is 0 Å². The number of aromatic nitrogens is 2. The summed E-state index contributed by atoms with van der Waals surface area (Å²) in [7, 11) is 0. The van der Waals surface area contributed by atoms with Crippen LogP contribution in [0.3, 0.4) is 0 Å². The molecule has 2 rings (SSSR count). The molecule has 6 heteroatoms. The van der Waals surface area contributed by atoms with Gasteiger partial charge in [-0.25, -0.2) is 4.68 Å². The fourth-order valence-corrected chi connectivity index (χ4v) is 3.51. The van der Waals surface area contributed by atoms with Crippen LogP contribution in [0, 0.1) is 5.92 Å². The van der Waals surface area contributed by atoms with Crippen molar-refractivity contribution >= 4 is 17.6 Å². The normalized spacial score (nSPS) is 11.6. The van der Waals surface area contributed by atoms with Crippen LogP contribution in [0.5, 0.6) is 0 Å². The highest BCUT2D eigenvalue weighted by molar-refractivity contribution is 5.94. The average Bonchev–Trinajstić information content (AvgIpc) is 3.15. The molecule has 0 aliphatic carbocycles. The van der Waals surface area contributed by atoms with Crippen LogP contribution in [-0.2, 0) is 15.0 Å². The van der Waals surface area contributed by atoms with Crippen molar-refractivity contribution < 1.29 is 9.59 Å². The summed E-state index contributed by atoms with van der Waals surface area (Å²) < 4.78 is 1.76. The van der Waals surface area contributed by atoms with E-state index >= 15 is 0 Å². The lowest BCUT2D eigenvalue weighted by Crippen LogP contribution is -2.40. The van der Waals surface area contributed by atoms with Gasteiger partial charge in [-0.1, -0.05) is 79.0 Å². The molecule has 1 aromatic carbocycles. The molecule has 2 aromatic rings. The van der Waals surface area contributed by atoms with Crippen LogP contribution in [0.1, 0.15) is 79.3 Å². The van der Waals surface area contributed by atoms with Gasteiger partial charge >= 0.3 is 0 Å². The summed E-state index contributed by atoms with van der Waals surface area (Å²) in [4.78, 5) is 27.5. The number of hydrogen-bond donors (Lipinski definition) is 1. The second-order valence-electron chi connectivity index (χ2n) is 9.94. The van der Waals surface area contributed by atoms with Crippen molar-refractivity contribution in [1.29, 1.82) is 0 Å². The number of nitrogens with one attached hydrogen (secondary N) is 1. The first-order chi connectivity index (χ1) is 15.1. The monoisotopic (exact) mass is 440 g/mol. The lowest BCUT2D eigenvalue weighted by molar-refractivity contribution is -0.135. The maximum absolute atomic E-state index is 13.0. The Hall–Kier alpha value is -2.63. The highest BCUT2D eigenvalue weighted by atomic mass is 16.2. The third kappa shape index (κ3) is 7.81. The van der Waals surface area contributed by atoms with Crippen LogP contribution in [0.2, 0.25) is 0 Å². The number of para-hydroxylation sites is 1. The van der Waals surface area contributed by atoms with Gasteiger partial charge in [-0.3, -0.25) is 9.59 Å². The lowest BCUT2D eigenvalue weighted by Gasteiger charge is -2.24. The van der Waals surface area contributed by atoms with E-state index < -0.39 is 0 Å². The first-order valence-electron chi connectivity index (χ1n) is 11.9. The molecule has 1 heterocycles. The molecule has 2 amide bonds. The van der Waals surface area contributed by atoms with Crippen molar-refractivity contribution in [1.82, 2.24) is 14.7 Å². The fraction of sp³-hybridized carbons (Fsp3) is 0.577. The molecule has 0 saturated carbocycles. The van der Waals surface area contributed by atoms with Crippen molar-refractivity contribution in [2.75, 3.05) is 18.4 Å².